The van der Waals surface area contributed by atoms with Gasteiger partial charge in [-0.3, -0.25) is 4.79 Å². The molecule has 0 radical (unpaired) electrons. The number of halogens is 1. The number of aldehydes is 1. The van der Waals surface area contributed by atoms with Crippen LogP contribution in [-0.2, 0) is 4.79 Å². The highest BCUT2D eigenvalue weighted by atomic mass is 19.1. The Kier molecular flexibility index (Phi) is 5.86. The van der Waals surface area contributed by atoms with Crippen LogP contribution < -0.4 is 0 Å². The predicted molar refractivity (Wildman–Crippen MR) is 99.9 cm³/mol. The zero-order valence-corrected chi connectivity index (χ0v) is 14.6. The molecule has 2 aliphatic carbocycles. The summed E-state index contributed by atoms with van der Waals surface area (Å²) >= 11 is 0. The zero-order valence-electron chi connectivity index (χ0n) is 14.6. The molecular formula is C22H23FO. The maximum atomic E-state index is 13.1. The van der Waals surface area contributed by atoms with Crippen molar-refractivity contribution in [3.63, 3.8) is 0 Å². The van der Waals surface area contributed by atoms with E-state index in [-0.39, 0.29) is 6.29 Å². The van der Waals surface area contributed by atoms with E-state index in [0.29, 0.717) is 11.5 Å². The molecule has 0 aromatic carbocycles. The molecule has 2 aliphatic rings. The van der Waals surface area contributed by atoms with E-state index in [1.54, 1.807) is 19.1 Å². The lowest BCUT2D eigenvalue weighted by molar-refractivity contribution is -0.106. The minimum absolute atomic E-state index is 0.226. The minimum atomic E-state index is -0.734. The normalized spacial score (nSPS) is 13.2. The van der Waals surface area contributed by atoms with Crippen LogP contribution in [0.25, 0.3) is 17.2 Å². The second-order valence-electron chi connectivity index (χ2n) is 6.30. The molecule has 124 valence electrons. The van der Waals surface area contributed by atoms with E-state index >= 15 is 0 Å². The van der Waals surface area contributed by atoms with Gasteiger partial charge in [0.25, 0.3) is 0 Å². The van der Waals surface area contributed by atoms with Crippen LogP contribution in [0.3, 0.4) is 0 Å². The number of carbonyl (C=O) groups is 1. The number of hydrogen-bond acceptors (Lipinski definition) is 1. The molecule has 2 rings (SSSR count). The van der Waals surface area contributed by atoms with Gasteiger partial charge in [-0.2, -0.15) is 0 Å². The Morgan fingerprint density at radius 2 is 1.88 bits per heavy atom. The van der Waals surface area contributed by atoms with Gasteiger partial charge in [0.2, 0.25) is 0 Å². The lowest BCUT2D eigenvalue weighted by Crippen LogP contribution is -1.83. The van der Waals surface area contributed by atoms with Crippen molar-refractivity contribution in [2.75, 3.05) is 0 Å². The molecule has 0 N–H and O–H groups in total. The Morgan fingerprint density at radius 1 is 1.12 bits per heavy atom. The average molecular weight is 322 g/mol. The molecule has 0 fully saturated rings. The first-order valence-electron chi connectivity index (χ1n) is 8.13. The lowest BCUT2D eigenvalue weighted by Gasteiger charge is -2.02. The molecule has 24 heavy (non-hydrogen) atoms. The molecule has 0 saturated heterocycles. The van der Waals surface area contributed by atoms with E-state index in [0.717, 1.165) is 5.56 Å². The summed E-state index contributed by atoms with van der Waals surface area (Å²) < 4.78 is 13.1. The first-order chi connectivity index (χ1) is 11.4. The summed E-state index contributed by atoms with van der Waals surface area (Å²) in [5.74, 6) is -0.248. The van der Waals surface area contributed by atoms with Gasteiger partial charge in [-0.05, 0) is 53.2 Å². The highest BCUT2D eigenvalue weighted by molar-refractivity contribution is 5.81. The highest BCUT2D eigenvalue weighted by Crippen LogP contribution is 2.33. The fraction of sp³-hybridized carbons (Fsp3) is 0.227. The Bertz CT molecular complexity index is 794. The van der Waals surface area contributed by atoms with Crippen molar-refractivity contribution in [3.05, 3.63) is 76.7 Å². The third-order valence-corrected chi connectivity index (χ3v) is 4.14. The molecule has 0 saturated carbocycles. The number of fused-ring (bicyclic) bond motifs is 1. The van der Waals surface area contributed by atoms with Gasteiger partial charge in [0.1, 0.15) is 0 Å². The summed E-state index contributed by atoms with van der Waals surface area (Å²) in [6.45, 7) is 8.08. The topological polar surface area (TPSA) is 17.1 Å². The van der Waals surface area contributed by atoms with Crippen LogP contribution in [-0.4, -0.2) is 6.29 Å². The third kappa shape index (κ3) is 4.08. The van der Waals surface area contributed by atoms with Gasteiger partial charge in [0, 0.05) is 0 Å². The fourth-order valence-corrected chi connectivity index (χ4v) is 2.65. The van der Waals surface area contributed by atoms with Crippen molar-refractivity contribution in [3.8, 4) is 11.1 Å². The summed E-state index contributed by atoms with van der Waals surface area (Å²) in [7, 11) is 0. The third-order valence-electron chi connectivity index (χ3n) is 4.14. The van der Waals surface area contributed by atoms with Crippen LogP contribution in [0.15, 0.2) is 60.0 Å². The van der Waals surface area contributed by atoms with Crippen molar-refractivity contribution in [1.82, 2.24) is 0 Å². The van der Waals surface area contributed by atoms with E-state index in [1.165, 1.54) is 22.3 Å². The maximum absolute atomic E-state index is 13.1. The Labute approximate surface area is 143 Å². The van der Waals surface area contributed by atoms with Crippen molar-refractivity contribution < 1.29 is 9.18 Å². The summed E-state index contributed by atoms with van der Waals surface area (Å²) in [5.41, 5.74) is 6.47. The SMILES string of the molecule is CC(/C=C/C=C/c1ccc2cc(C(C)C)ccc(C)c1-2)=C(/F)C=O. The number of allylic oxidation sites excluding steroid dienone is 5. The molecule has 0 aliphatic heterocycles. The Morgan fingerprint density at radius 3 is 2.54 bits per heavy atom. The van der Waals surface area contributed by atoms with E-state index in [4.69, 9.17) is 0 Å². The molecule has 1 nitrogen and oxygen atoms in total. The van der Waals surface area contributed by atoms with Gasteiger partial charge < -0.3 is 0 Å². The van der Waals surface area contributed by atoms with Gasteiger partial charge in [0.05, 0.1) is 0 Å². The van der Waals surface area contributed by atoms with Crippen molar-refractivity contribution >= 4 is 12.4 Å². The smallest absolute Gasteiger partial charge is 0.178 e. The molecule has 0 unspecified atom stereocenters. The van der Waals surface area contributed by atoms with Gasteiger partial charge in [-0.1, -0.05) is 68.5 Å². The summed E-state index contributed by atoms with van der Waals surface area (Å²) in [6, 6.07) is 10.8. The monoisotopic (exact) mass is 322 g/mol. The van der Waals surface area contributed by atoms with Crippen LogP contribution in [0.4, 0.5) is 4.39 Å². The van der Waals surface area contributed by atoms with Crippen molar-refractivity contribution in [2.45, 2.75) is 33.6 Å². The van der Waals surface area contributed by atoms with Crippen molar-refractivity contribution in [2.24, 2.45) is 0 Å². The highest BCUT2D eigenvalue weighted by Gasteiger charge is 2.11. The molecule has 0 aromatic heterocycles. The largest absolute Gasteiger partial charge is 0.295 e. The van der Waals surface area contributed by atoms with Gasteiger partial charge >= 0.3 is 0 Å². The molecule has 0 aromatic rings. The number of carbonyl (C=O) groups excluding carboxylic acids is 1. The van der Waals surface area contributed by atoms with Crippen LogP contribution >= 0.6 is 0 Å². The molecule has 0 heterocycles. The summed E-state index contributed by atoms with van der Waals surface area (Å²) in [6.07, 6.45) is 7.44. The van der Waals surface area contributed by atoms with Crippen LogP contribution in [0.5, 0.6) is 0 Å². The fourth-order valence-electron chi connectivity index (χ4n) is 2.65. The standard InChI is InChI=1S/C22H23FO/c1-15(2)19-10-9-17(4)22-18(11-12-20(22)13-19)8-6-5-7-16(3)21(23)14-24/h5-15H,1-4H3/b7-5+,8-6+,21-16-. The maximum Gasteiger partial charge on any atom is 0.178 e. The Hall–Kier alpha value is -2.48. The number of aryl methyl sites for hydroxylation is 1. The number of rotatable bonds is 5. The van der Waals surface area contributed by atoms with E-state index in [9.17, 15) is 9.18 Å². The second-order valence-corrected chi connectivity index (χ2v) is 6.30. The van der Waals surface area contributed by atoms with E-state index in [1.807, 2.05) is 12.2 Å². The van der Waals surface area contributed by atoms with E-state index in [2.05, 4.69) is 51.1 Å². The first-order valence-corrected chi connectivity index (χ1v) is 8.13. The minimum Gasteiger partial charge on any atom is -0.295 e. The average Bonchev–Trinajstić information content (AvgIpc) is 2.88. The summed E-state index contributed by atoms with van der Waals surface area (Å²) in [4.78, 5) is 10.4. The molecule has 2 heteroatoms. The van der Waals surface area contributed by atoms with Gasteiger partial charge in [-0.25, -0.2) is 4.39 Å². The zero-order chi connectivity index (χ0) is 17.7. The summed E-state index contributed by atoms with van der Waals surface area (Å²) in [5, 5.41) is 0. The molecule has 0 spiro atoms. The molecule has 0 amide bonds. The quantitative estimate of drug-likeness (QED) is 0.362. The molecule has 0 bridgehead atoms. The van der Waals surface area contributed by atoms with Crippen LogP contribution in [0, 0.1) is 6.92 Å². The molecule has 0 atom stereocenters. The van der Waals surface area contributed by atoms with Crippen LogP contribution in [0.2, 0.25) is 0 Å². The lowest BCUT2D eigenvalue weighted by atomic mass is 10.0. The van der Waals surface area contributed by atoms with Gasteiger partial charge in [-0.15, -0.1) is 0 Å². The molecular weight excluding hydrogens is 299 g/mol. The van der Waals surface area contributed by atoms with Crippen LogP contribution in [0.1, 0.15) is 43.4 Å². The Balaban J connectivity index is 2.32. The van der Waals surface area contributed by atoms with Gasteiger partial charge in [0.15, 0.2) is 12.1 Å². The van der Waals surface area contributed by atoms with E-state index < -0.39 is 5.83 Å². The second kappa shape index (κ2) is 7.87. The first kappa shape index (κ1) is 17.9. The predicted octanol–water partition coefficient (Wildman–Crippen LogP) is 6.24. The number of hydrogen-bond donors (Lipinski definition) is 0. The van der Waals surface area contributed by atoms with Crippen molar-refractivity contribution in [1.29, 1.82) is 0 Å².